The van der Waals surface area contributed by atoms with Crippen LogP contribution in [0.25, 0.3) is 5.69 Å². The van der Waals surface area contributed by atoms with Gasteiger partial charge in [0.15, 0.2) is 5.11 Å². The van der Waals surface area contributed by atoms with E-state index in [1.165, 1.54) is 0 Å². The number of rotatable bonds is 7. The predicted octanol–water partition coefficient (Wildman–Crippen LogP) is 4.80. The van der Waals surface area contributed by atoms with E-state index in [0.717, 1.165) is 22.8 Å². The highest BCUT2D eigenvalue weighted by Crippen LogP contribution is 2.43. The van der Waals surface area contributed by atoms with Gasteiger partial charge in [0.1, 0.15) is 11.8 Å². The summed E-state index contributed by atoms with van der Waals surface area (Å²) in [6.07, 6.45) is 7.77. The van der Waals surface area contributed by atoms with Crippen molar-refractivity contribution < 1.29 is 9.53 Å². The Morgan fingerprint density at radius 3 is 2.72 bits per heavy atom. The van der Waals surface area contributed by atoms with Crippen LogP contribution in [0.4, 0.5) is 11.4 Å². The Kier molecular flexibility index (Phi) is 6.64. The Bertz CT molecular complexity index is 1380. The fraction of sp³-hybridized carbons (Fsp3) is 0.185. The van der Waals surface area contributed by atoms with E-state index >= 15 is 0 Å². The summed E-state index contributed by atoms with van der Waals surface area (Å²) in [5, 5.41) is 6.95. The highest BCUT2D eigenvalue weighted by molar-refractivity contribution is 7.80. The van der Waals surface area contributed by atoms with E-state index in [4.69, 9.17) is 17.0 Å². The van der Waals surface area contributed by atoms with Crippen LogP contribution in [0.5, 0.6) is 5.75 Å². The van der Waals surface area contributed by atoms with Crippen molar-refractivity contribution in [3.8, 4) is 11.4 Å². The molecule has 0 radical (unpaired) electrons. The summed E-state index contributed by atoms with van der Waals surface area (Å²) >= 11 is 5.87. The third-order valence-electron chi connectivity index (χ3n) is 6.16. The molecule has 1 aliphatic heterocycles. The summed E-state index contributed by atoms with van der Waals surface area (Å²) in [4.78, 5) is 23.0. The van der Waals surface area contributed by atoms with Crippen molar-refractivity contribution in [1.82, 2.24) is 19.9 Å². The molecule has 0 unspecified atom stereocenters. The van der Waals surface area contributed by atoms with Crippen molar-refractivity contribution >= 4 is 34.6 Å². The lowest BCUT2D eigenvalue weighted by Crippen LogP contribution is -2.30. The number of thiocarbonyl (C=S) groups is 1. The number of aromatic nitrogens is 3. The average Bonchev–Trinajstić information content (AvgIpc) is 3.54. The predicted molar refractivity (Wildman–Crippen MR) is 143 cm³/mol. The molecule has 2 N–H and O–H groups in total. The number of amides is 1. The van der Waals surface area contributed by atoms with Gasteiger partial charge in [-0.3, -0.25) is 14.8 Å². The lowest BCUT2D eigenvalue weighted by Gasteiger charge is -2.29. The molecule has 1 saturated heterocycles. The zero-order chi connectivity index (χ0) is 25.1. The number of anilines is 2. The molecule has 0 saturated carbocycles. The van der Waals surface area contributed by atoms with Gasteiger partial charge in [0.2, 0.25) is 5.91 Å². The summed E-state index contributed by atoms with van der Waals surface area (Å²) in [6, 6.07) is 19.2. The molecule has 3 aromatic heterocycles. The molecule has 36 heavy (non-hydrogen) atoms. The van der Waals surface area contributed by atoms with Crippen LogP contribution in [0.3, 0.4) is 0 Å². The second-order valence-electron chi connectivity index (χ2n) is 8.30. The third kappa shape index (κ3) is 4.40. The second kappa shape index (κ2) is 10.2. The maximum atomic E-state index is 12.0. The van der Waals surface area contributed by atoms with E-state index in [1.54, 1.807) is 19.5 Å². The molecule has 1 aromatic carbocycles. The third-order valence-corrected chi connectivity index (χ3v) is 6.48. The minimum absolute atomic E-state index is 0.0817. The highest BCUT2D eigenvalue weighted by atomic mass is 32.1. The van der Waals surface area contributed by atoms with Gasteiger partial charge < -0.3 is 24.8 Å². The molecule has 1 amide bonds. The van der Waals surface area contributed by atoms with Crippen molar-refractivity contribution in [3.05, 3.63) is 96.8 Å². The zero-order valence-electron chi connectivity index (χ0n) is 20.0. The van der Waals surface area contributed by atoms with E-state index in [9.17, 15) is 4.79 Å². The van der Waals surface area contributed by atoms with Gasteiger partial charge >= 0.3 is 0 Å². The Morgan fingerprint density at radius 2 is 2.00 bits per heavy atom. The maximum Gasteiger partial charge on any atom is 0.224 e. The monoisotopic (exact) mass is 498 g/mol. The van der Waals surface area contributed by atoms with Gasteiger partial charge in [0.05, 0.1) is 36.4 Å². The van der Waals surface area contributed by atoms with Crippen LogP contribution in [-0.2, 0) is 4.79 Å². The second-order valence-corrected chi connectivity index (χ2v) is 8.68. The molecular weight excluding hydrogens is 472 g/mol. The molecule has 8 nitrogen and oxygen atoms in total. The van der Waals surface area contributed by atoms with Crippen molar-refractivity contribution in [2.24, 2.45) is 0 Å². The number of hydrogen-bond acceptors (Lipinski definition) is 5. The number of nitrogens with zero attached hydrogens (tertiary/aromatic N) is 4. The molecule has 5 rings (SSSR count). The maximum absolute atomic E-state index is 12.0. The molecule has 0 bridgehead atoms. The minimum Gasteiger partial charge on any atom is -0.494 e. The van der Waals surface area contributed by atoms with E-state index in [0.29, 0.717) is 23.0 Å². The first-order valence-corrected chi connectivity index (χ1v) is 12.1. The quantitative estimate of drug-likeness (QED) is 0.354. The summed E-state index contributed by atoms with van der Waals surface area (Å²) in [5.74, 6) is 0.474. The Morgan fingerprint density at radius 1 is 1.11 bits per heavy atom. The number of benzene rings is 1. The number of pyridine rings is 2. The Balaban J connectivity index is 1.62. The fourth-order valence-corrected chi connectivity index (χ4v) is 4.82. The number of carbonyl (C=O) groups is 1. The highest BCUT2D eigenvalue weighted by Gasteiger charge is 2.42. The first-order valence-electron chi connectivity index (χ1n) is 11.7. The number of hydrogen-bond donors (Lipinski definition) is 2. The number of ether oxygens (including phenoxy) is 1. The summed E-state index contributed by atoms with van der Waals surface area (Å²) in [5.41, 5.74) is 4.30. The molecule has 0 spiro atoms. The largest absolute Gasteiger partial charge is 0.494 e. The zero-order valence-corrected chi connectivity index (χ0v) is 20.8. The van der Waals surface area contributed by atoms with Crippen molar-refractivity contribution in [1.29, 1.82) is 0 Å². The summed E-state index contributed by atoms with van der Waals surface area (Å²) in [6.45, 7) is 1.81. The molecule has 2 atom stereocenters. The van der Waals surface area contributed by atoms with Gasteiger partial charge in [-0.15, -0.1) is 0 Å². The van der Waals surface area contributed by atoms with E-state index in [1.807, 2.05) is 73.9 Å². The van der Waals surface area contributed by atoms with Gasteiger partial charge in [0, 0.05) is 42.5 Å². The summed E-state index contributed by atoms with van der Waals surface area (Å²) in [7, 11) is 1.59. The van der Waals surface area contributed by atoms with Gasteiger partial charge in [0.25, 0.3) is 0 Å². The van der Waals surface area contributed by atoms with Gasteiger partial charge in [-0.1, -0.05) is 13.0 Å². The number of carbonyl (C=O) groups excluding carboxylic acids is 1. The first kappa shape index (κ1) is 23.5. The molecular formula is C27H26N6O2S. The molecule has 4 heterocycles. The Labute approximate surface area is 215 Å². The van der Waals surface area contributed by atoms with Crippen LogP contribution < -0.4 is 20.3 Å². The molecule has 9 heteroatoms. The standard InChI is InChI=1S/C27H26N6O2S/c1-3-24(34)30-20-12-11-18(16-23(20)35-2)33-26(25(31-27(33)36)21-9-4-5-14-29-21)22-10-7-15-32(22)19-8-6-13-28-17-19/h4-17,25-26H,3H2,1-2H3,(H,30,34)(H,31,36)/t25-,26-/m0/s1. The SMILES string of the molecule is CCC(=O)Nc1ccc(N2C(=S)N[C@@H](c3ccccn3)[C@@H]2c2cccn2-c2cccnc2)cc1OC. The van der Waals surface area contributed by atoms with E-state index < -0.39 is 0 Å². The number of nitrogens with one attached hydrogen (secondary N) is 2. The van der Waals surface area contributed by atoms with Crippen molar-refractivity contribution in [3.63, 3.8) is 0 Å². The molecule has 182 valence electrons. The molecule has 0 aliphatic carbocycles. The average molecular weight is 499 g/mol. The van der Waals surface area contributed by atoms with E-state index in [2.05, 4.69) is 36.1 Å². The van der Waals surface area contributed by atoms with Crippen molar-refractivity contribution in [2.75, 3.05) is 17.3 Å². The normalized spacial score (nSPS) is 17.1. The Hall–Kier alpha value is -4.24. The minimum atomic E-state index is -0.219. The van der Waals surface area contributed by atoms with Crippen LogP contribution in [-0.4, -0.2) is 32.7 Å². The lowest BCUT2D eigenvalue weighted by molar-refractivity contribution is -0.115. The van der Waals surface area contributed by atoms with Crippen LogP contribution >= 0.6 is 12.2 Å². The lowest BCUT2D eigenvalue weighted by atomic mass is 10.0. The van der Waals surface area contributed by atoms with Crippen LogP contribution in [0.2, 0.25) is 0 Å². The van der Waals surface area contributed by atoms with E-state index in [-0.39, 0.29) is 18.0 Å². The smallest absolute Gasteiger partial charge is 0.224 e. The van der Waals surface area contributed by atoms with Crippen molar-refractivity contribution in [2.45, 2.75) is 25.4 Å². The molecule has 1 aliphatic rings. The molecule has 4 aromatic rings. The van der Waals surface area contributed by atoms with Gasteiger partial charge in [-0.05, 0) is 60.7 Å². The van der Waals surface area contributed by atoms with Gasteiger partial charge in [-0.25, -0.2) is 0 Å². The van der Waals surface area contributed by atoms with Crippen LogP contribution in [0.1, 0.15) is 36.8 Å². The van der Waals surface area contributed by atoms with Crippen LogP contribution in [0.15, 0.2) is 85.5 Å². The summed E-state index contributed by atoms with van der Waals surface area (Å²) < 4.78 is 7.74. The molecule has 1 fully saturated rings. The topological polar surface area (TPSA) is 84.3 Å². The van der Waals surface area contributed by atoms with Gasteiger partial charge in [-0.2, -0.15) is 0 Å². The first-order chi connectivity index (χ1) is 17.6. The fourth-order valence-electron chi connectivity index (χ4n) is 4.47. The number of methoxy groups -OCH3 is 1. The van der Waals surface area contributed by atoms with Crippen LogP contribution in [0, 0.1) is 0 Å².